The molecule has 2 aromatic heterocycles. The van der Waals surface area contributed by atoms with Crippen LogP contribution in [-0.2, 0) is 13.6 Å². The lowest BCUT2D eigenvalue weighted by molar-refractivity contribution is -0.0940. The zero-order chi connectivity index (χ0) is 26.8. The first-order chi connectivity index (χ1) is 15.7. The molecule has 1 aliphatic heterocycles. The molecule has 1 unspecified atom stereocenters. The van der Waals surface area contributed by atoms with E-state index in [0.29, 0.717) is 0 Å². The van der Waals surface area contributed by atoms with Crippen molar-refractivity contribution in [2.75, 3.05) is 12.3 Å². The molecule has 0 bridgehead atoms. The number of hydrogen-bond acceptors (Lipinski definition) is 6. The second-order valence-corrected chi connectivity index (χ2v) is 22.5. The van der Waals surface area contributed by atoms with Crippen LogP contribution < -0.4 is 5.73 Å². The van der Waals surface area contributed by atoms with Gasteiger partial charge in [0, 0.05) is 6.07 Å². The van der Waals surface area contributed by atoms with E-state index in [1.807, 2.05) is 6.92 Å². The Morgan fingerprint density at radius 1 is 1.11 bits per heavy atom. The second-order valence-electron chi connectivity index (χ2n) is 13.0. The molecule has 2 aromatic rings. The lowest BCUT2D eigenvalue weighted by atomic mass is 9.98. The number of hydrogen-bond donors (Lipinski definition) is 1. The van der Waals surface area contributed by atoms with E-state index in [1.54, 1.807) is 0 Å². The van der Waals surface area contributed by atoms with Crippen LogP contribution >= 0.6 is 0 Å². The molecule has 1 aliphatic rings. The van der Waals surface area contributed by atoms with Gasteiger partial charge in [0.05, 0.1) is 12.3 Å². The summed E-state index contributed by atoms with van der Waals surface area (Å²) in [5.74, 6) is -0.642. The summed E-state index contributed by atoms with van der Waals surface area (Å²) in [5.41, 5.74) is 5.02. The standard InChI is InChI=1S/C24H42F2N4O3Si2/c1-22(2,3)34(8,9)31-13-24(7)20(33-35(10,11)23(4,5)6)17(26)19(32-24)16-12-15(25)18-21(27)28-14-29-30(16)18/h12,14,17,19-20H,13H2,1-11H3,(H2,27,28,29)/t17-,19-,20?,24+/m0/s1. The third kappa shape index (κ3) is 5.07. The van der Waals surface area contributed by atoms with Crippen LogP contribution in [0.3, 0.4) is 0 Å². The third-order valence-electron chi connectivity index (χ3n) is 8.19. The highest BCUT2D eigenvalue weighted by molar-refractivity contribution is 6.74. The minimum Gasteiger partial charge on any atom is -0.414 e. The third-order valence-corrected chi connectivity index (χ3v) is 17.1. The van der Waals surface area contributed by atoms with E-state index in [-0.39, 0.29) is 33.7 Å². The van der Waals surface area contributed by atoms with E-state index in [9.17, 15) is 4.39 Å². The number of nitrogen functional groups attached to an aromatic ring is 1. The van der Waals surface area contributed by atoms with Gasteiger partial charge in [0.15, 0.2) is 34.4 Å². The summed E-state index contributed by atoms with van der Waals surface area (Å²) in [4.78, 5) is 3.86. The van der Waals surface area contributed by atoms with Crippen LogP contribution in [0.2, 0.25) is 36.3 Å². The minimum atomic E-state index is -2.39. The maximum atomic E-state index is 16.4. The molecule has 1 fully saturated rings. The molecule has 0 saturated carbocycles. The van der Waals surface area contributed by atoms with Crippen LogP contribution in [0.15, 0.2) is 12.4 Å². The fourth-order valence-corrected chi connectivity index (χ4v) is 6.18. The monoisotopic (exact) mass is 528 g/mol. The Labute approximate surface area is 210 Å². The van der Waals surface area contributed by atoms with Gasteiger partial charge >= 0.3 is 0 Å². The van der Waals surface area contributed by atoms with Gasteiger partial charge in [-0.1, -0.05) is 41.5 Å². The van der Waals surface area contributed by atoms with E-state index in [1.165, 1.54) is 16.9 Å². The van der Waals surface area contributed by atoms with Crippen LogP contribution in [0.1, 0.15) is 60.3 Å². The first-order valence-corrected chi connectivity index (χ1v) is 17.9. The average Bonchev–Trinajstić information content (AvgIpc) is 3.15. The Balaban J connectivity index is 2.05. The molecule has 35 heavy (non-hydrogen) atoms. The van der Waals surface area contributed by atoms with Gasteiger partial charge in [-0.15, -0.1) is 0 Å². The molecule has 2 N–H and O–H groups in total. The molecule has 3 rings (SSSR count). The summed E-state index contributed by atoms with van der Waals surface area (Å²) in [5, 5.41) is 3.96. The van der Waals surface area contributed by atoms with Gasteiger partial charge in [-0.25, -0.2) is 18.3 Å². The molecular weight excluding hydrogens is 486 g/mol. The van der Waals surface area contributed by atoms with Gasteiger partial charge < -0.3 is 19.3 Å². The fourth-order valence-electron chi connectivity index (χ4n) is 3.73. The van der Waals surface area contributed by atoms with E-state index >= 15 is 4.39 Å². The molecule has 11 heteroatoms. The molecule has 7 nitrogen and oxygen atoms in total. The number of ether oxygens (including phenoxy) is 1. The van der Waals surface area contributed by atoms with Crippen molar-refractivity contribution in [2.24, 2.45) is 0 Å². The first-order valence-electron chi connectivity index (χ1n) is 12.1. The molecular formula is C24H42F2N4O3Si2. The summed E-state index contributed by atoms with van der Waals surface area (Å²) in [6.45, 7) is 23.3. The number of rotatable bonds is 6. The summed E-state index contributed by atoms with van der Waals surface area (Å²) < 4.78 is 52.0. The highest BCUT2D eigenvalue weighted by atomic mass is 28.4. The van der Waals surface area contributed by atoms with E-state index in [4.69, 9.17) is 19.3 Å². The molecule has 0 spiro atoms. The predicted molar refractivity (Wildman–Crippen MR) is 140 cm³/mol. The van der Waals surface area contributed by atoms with Gasteiger partial charge in [0.1, 0.15) is 29.7 Å². The summed E-state index contributed by atoms with van der Waals surface area (Å²) >= 11 is 0. The molecule has 198 valence electrons. The van der Waals surface area contributed by atoms with E-state index in [0.717, 1.165) is 0 Å². The Morgan fingerprint density at radius 2 is 1.69 bits per heavy atom. The van der Waals surface area contributed by atoms with Gasteiger partial charge in [-0.05, 0) is 43.2 Å². The number of anilines is 1. The quantitative estimate of drug-likeness (QED) is 0.461. The van der Waals surface area contributed by atoms with Gasteiger partial charge in [0.25, 0.3) is 0 Å². The SMILES string of the molecule is CC(C)(C)[Si](C)(C)OC[C@@]1(C)O[C@@H](c2cc(F)c3c(N)ncnn23)[C@H](F)C1O[Si](C)(C)C(C)(C)C. The first kappa shape index (κ1) is 28.2. The van der Waals surface area contributed by atoms with Crippen LogP contribution in [0, 0.1) is 5.82 Å². The summed E-state index contributed by atoms with van der Waals surface area (Å²) in [6, 6.07) is 1.22. The van der Waals surface area contributed by atoms with Gasteiger partial charge in [-0.3, -0.25) is 0 Å². The van der Waals surface area contributed by atoms with Crippen molar-refractivity contribution in [1.82, 2.24) is 14.6 Å². The van der Waals surface area contributed by atoms with Crippen molar-refractivity contribution in [3.05, 3.63) is 23.9 Å². The summed E-state index contributed by atoms with van der Waals surface area (Å²) in [7, 11) is -4.55. The van der Waals surface area contributed by atoms with Crippen LogP contribution in [0.4, 0.5) is 14.6 Å². The molecule has 0 aliphatic carbocycles. The average molecular weight is 529 g/mol. The van der Waals surface area contributed by atoms with Crippen LogP contribution in [-0.4, -0.2) is 55.7 Å². The highest BCUT2D eigenvalue weighted by Crippen LogP contribution is 2.49. The Morgan fingerprint density at radius 3 is 2.23 bits per heavy atom. The maximum absolute atomic E-state index is 16.4. The number of nitrogens with zero attached hydrogens (tertiary/aromatic N) is 3. The molecule has 3 heterocycles. The molecule has 4 atom stereocenters. The van der Waals surface area contributed by atoms with Crippen LogP contribution in [0.5, 0.6) is 0 Å². The second kappa shape index (κ2) is 8.86. The van der Waals surface area contributed by atoms with Crippen molar-refractivity contribution >= 4 is 28.0 Å². The van der Waals surface area contributed by atoms with Crippen molar-refractivity contribution in [2.45, 2.75) is 109 Å². The maximum Gasteiger partial charge on any atom is 0.192 e. The van der Waals surface area contributed by atoms with E-state index < -0.39 is 46.4 Å². The Hall–Kier alpha value is -1.41. The largest absolute Gasteiger partial charge is 0.414 e. The van der Waals surface area contributed by atoms with Gasteiger partial charge in [0.2, 0.25) is 0 Å². The van der Waals surface area contributed by atoms with Crippen molar-refractivity contribution < 1.29 is 22.4 Å². The molecule has 0 amide bonds. The fraction of sp³-hybridized carbons (Fsp3) is 0.750. The number of alkyl halides is 1. The van der Waals surface area contributed by atoms with Crippen LogP contribution in [0.25, 0.3) is 5.52 Å². The smallest absolute Gasteiger partial charge is 0.192 e. The molecule has 0 radical (unpaired) electrons. The topological polar surface area (TPSA) is 83.9 Å². The predicted octanol–water partition coefficient (Wildman–Crippen LogP) is 6.03. The molecule has 0 aromatic carbocycles. The zero-order valence-electron chi connectivity index (χ0n) is 23.0. The van der Waals surface area contributed by atoms with Crippen molar-refractivity contribution in [3.8, 4) is 0 Å². The Bertz CT molecular complexity index is 1080. The highest BCUT2D eigenvalue weighted by Gasteiger charge is 2.58. The number of aromatic nitrogens is 3. The zero-order valence-corrected chi connectivity index (χ0v) is 25.0. The van der Waals surface area contributed by atoms with E-state index in [2.05, 4.69) is 77.8 Å². The normalized spacial score (nSPS) is 26.6. The molecule has 1 saturated heterocycles. The number of fused-ring (bicyclic) bond motifs is 1. The number of nitrogens with two attached hydrogens (primary N) is 1. The van der Waals surface area contributed by atoms with Gasteiger partial charge in [-0.2, -0.15) is 5.10 Å². The minimum absolute atomic E-state index is 0.00583. The van der Waals surface area contributed by atoms with Crippen molar-refractivity contribution in [3.63, 3.8) is 0 Å². The Kier molecular flexibility index (Phi) is 7.13. The summed E-state index contributed by atoms with van der Waals surface area (Å²) in [6.07, 6.45) is -2.35. The lowest BCUT2D eigenvalue weighted by Crippen LogP contribution is -2.55. The lowest BCUT2D eigenvalue weighted by Gasteiger charge is -2.44. The van der Waals surface area contributed by atoms with Crippen molar-refractivity contribution in [1.29, 1.82) is 0 Å². The number of halogens is 2.